The summed E-state index contributed by atoms with van der Waals surface area (Å²) in [5, 5.41) is 2.85. The average Bonchev–Trinajstić information content (AvgIpc) is 2.37. The van der Waals surface area contributed by atoms with Gasteiger partial charge in [-0.2, -0.15) is 0 Å². The Morgan fingerprint density at radius 1 is 1.16 bits per heavy atom. The molecule has 6 heteroatoms. The Balaban J connectivity index is 2.34. The van der Waals surface area contributed by atoms with Crippen LogP contribution >= 0.6 is 23.2 Å². The van der Waals surface area contributed by atoms with Crippen LogP contribution in [0.25, 0.3) is 0 Å². The maximum atomic E-state index is 12.2. The zero-order chi connectivity index (χ0) is 14.0. The van der Waals surface area contributed by atoms with Crippen molar-refractivity contribution in [2.75, 3.05) is 5.32 Å². The maximum Gasteiger partial charge on any atom is 0.256 e. The Hall–Kier alpha value is -1.65. The SMILES string of the molecule is Cc1ccc(C)c(C(=O)Nc2c(Cl)ncnc2Cl)c1. The van der Waals surface area contributed by atoms with Crippen LogP contribution < -0.4 is 5.32 Å². The van der Waals surface area contributed by atoms with E-state index in [4.69, 9.17) is 23.2 Å². The Morgan fingerprint density at radius 3 is 2.42 bits per heavy atom. The van der Waals surface area contributed by atoms with Crippen LogP contribution in [0.4, 0.5) is 5.69 Å². The molecule has 1 amide bonds. The Morgan fingerprint density at radius 2 is 1.79 bits per heavy atom. The van der Waals surface area contributed by atoms with Gasteiger partial charge in [0.05, 0.1) is 0 Å². The second-order valence-corrected chi connectivity index (χ2v) is 4.82. The fourth-order valence-corrected chi connectivity index (χ4v) is 2.02. The lowest BCUT2D eigenvalue weighted by Gasteiger charge is -2.10. The summed E-state index contributed by atoms with van der Waals surface area (Å²) in [6.45, 7) is 3.78. The van der Waals surface area contributed by atoms with E-state index < -0.39 is 0 Å². The number of halogens is 2. The molecule has 0 radical (unpaired) electrons. The zero-order valence-electron chi connectivity index (χ0n) is 10.4. The van der Waals surface area contributed by atoms with Crippen molar-refractivity contribution in [2.45, 2.75) is 13.8 Å². The van der Waals surface area contributed by atoms with E-state index in [1.807, 2.05) is 26.0 Å². The van der Waals surface area contributed by atoms with Crippen molar-refractivity contribution in [3.05, 3.63) is 51.5 Å². The lowest BCUT2D eigenvalue weighted by atomic mass is 10.1. The first-order chi connectivity index (χ1) is 8.99. The molecule has 2 aromatic rings. The van der Waals surface area contributed by atoms with Gasteiger partial charge in [-0.25, -0.2) is 9.97 Å². The second-order valence-electron chi connectivity index (χ2n) is 4.10. The van der Waals surface area contributed by atoms with Crippen molar-refractivity contribution >= 4 is 34.8 Å². The highest BCUT2D eigenvalue weighted by Crippen LogP contribution is 2.26. The van der Waals surface area contributed by atoms with Gasteiger partial charge in [0.15, 0.2) is 10.3 Å². The molecule has 0 atom stereocenters. The van der Waals surface area contributed by atoms with Crippen LogP contribution in [0, 0.1) is 13.8 Å². The molecule has 0 aliphatic rings. The second kappa shape index (κ2) is 5.55. The topological polar surface area (TPSA) is 54.9 Å². The van der Waals surface area contributed by atoms with Gasteiger partial charge in [0.1, 0.15) is 12.0 Å². The Labute approximate surface area is 120 Å². The molecule has 1 heterocycles. The molecule has 0 spiro atoms. The van der Waals surface area contributed by atoms with E-state index in [-0.39, 0.29) is 21.9 Å². The molecule has 2 rings (SSSR count). The van der Waals surface area contributed by atoms with Crippen molar-refractivity contribution in [2.24, 2.45) is 0 Å². The normalized spacial score (nSPS) is 10.3. The van der Waals surface area contributed by atoms with Gasteiger partial charge < -0.3 is 5.32 Å². The fourth-order valence-electron chi connectivity index (χ4n) is 1.61. The fraction of sp³-hybridized carbons (Fsp3) is 0.154. The molecule has 0 unspecified atom stereocenters. The molecule has 0 aliphatic carbocycles. The minimum atomic E-state index is -0.292. The van der Waals surface area contributed by atoms with Gasteiger partial charge in [0.25, 0.3) is 5.91 Å². The molecule has 0 saturated carbocycles. The zero-order valence-corrected chi connectivity index (χ0v) is 11.9. The molecule has 0 aliphatic heterocycles. The number of aromatic nitrogens is 2. The van der Waals surface area contributed by atoms with Gasteiger partial charge in [-0.15, -0.1) is 0 Å². The van der Waals surface area contributed by atoms with E-state index in [2.05, 4.69) is 15.3 Å². The number of carbonyl (C=O) groups excluding carboxylic acids is 1. The summed E-state index contributed by atoms with van der Waals surface area (Å²) in [4.78, 5) is 19.8. The number of nitrogens with one attached hydrogen (secondary N) is 1. The summed E-state index contributed by atoms with van der Waals surface area (Å²) in [7, 11) is 0. The minimum Gasteiger partial charge on any atom is -0.317 e. The van der Waals surface area contributed by atoms with Crippen LogP contribution in [0.2, 0.25) is 10.3 Å². The number of carbonyl (C=O) groups is 1. The quantitative estimate of drug-likeness (QED) is 0.861. The van der Waals surface area contributed by atoms with E-state index in [1.165, 1.54) is 6.33 Å². The first-order valence-electron chi connectivity index (χ1n) is 5.53. The highest BCUT2D eigenvalue weighted by molar-refractivity contribution is 6.38. The molecule has 1 aromatic heterocycles. The van der Waals surface area contributed by atoms with E-state index in [1.54, 1.807) is 6.07 Å². The Bertz CT molecular complexity index is 624. The van der Waals surface area contributed by atoms with E-state index in [0.29, 0.717) is 5.56 Å². The van der Waals surface area contributed by atoms with E-state index in [9.17, 15) is 4.79 Å². The third-order valence-corrected chi connectivity index (χ3v) is 3.20. The molecule has 4 nitrogen and oxygen atoms in total. The number of benzene rings is 1. The number of anilines is 1. The number of rotatable bonds is 2. The summed E-state index contributed by atoms with van der Waals surface area (Å²) >= 11 is 11.8. The first kappa shape index (κ1) is 13.8. The predicted molar refractivity (Wildman–Crippen MR) is 75.9 cm³/mol. The molecule has 19 heavy (non-hydrogen) atoms. The number of nitrogens with zero attached hydrogens (tertiary/aromatic N) is 2. The van der Waals surface area contributed by atoms with Crippen molar-refractivity contribution < 1.29 is 4.79 Å². The molecule has 1 N–H and O–H groups in total. The van der Waals surface area contributed by atoms with Crippen LogP contribution in [0.3, 0.4) is 0 Å². The third-order valence-electron chi connectivity index (χ3n) is 2.63. The van der Waals surface area contributed by atoms with Gasteiger partial charge in [-0.3, -0.25) is 4.79 Å². The van der Waals surface area contributed by atoms with Crippen molar-refractivity contribution in [3.63, 3.8) is 0 Å². The van der Waals surface area contributed by atoms with Gasteiger partial charge in [-0.1, -0.05) is 40.9 Å². The van der Waals surface area contributed by atoms with Crippen molar-refractivity contribution in [1.29, 1.82) is 0 Å². The lowest BCUT2D eigenvalue weighted by molar-refractivity contribution is 0.102. The monoisotopic (exact) mass is 295 g/mol. The van der Waals surface area contributed by atoms with Crippen molar-refractivity contribution in [3.8, 4) is 0 Å². The standard InChI is InChI=1S/C13H11Cl2N3O/c1-7-3-4-8(2)9(5-7)13(19)18-10-11(14)16-6-17-12(10)15/h3-6H,1-2H3,(H,18,19). The minimum absolute atomic E-state index is 0.110. The highest BCUT2D eigenvalue weighted by Gasteiger charge is 2.14. The molecule has 0 saturated heterocycles. The Kier molecular flexibility index (Phi) is 4.02. The summed E-state index contributed by atoms with van der Waals surface area (Å²) in [5.41, 5.74) is 2.65. The summed E-state index contributed by atoms with van der Waals surface area (Å²) in [6, 6.07) is 5.63. The predicted octanol–water partition coefficient (Wildman–Crippen LogP) is 3.65. The van der Waals surface area contributed by atoms with E-state index in [0.717, 1.165) is 11.1 Å². The van der Waals surface area contributed by atoms with Gasteiger partial charge in [0.2, 0.25) is 0 Å². The van der Waals surface area contributed by atoms with Crippen LogP contribution in [0.5, 0.6) is 0 Å². The van der Waals surface area contributed by atoms with Gasteiger partial charge in [-0.05, 0) is 25.5 Å². The first-order valence-corrected chi connectivity index (χ1v) is 6.29. The molecular weight excluding hydrogens is 285 g/mol. The van der Waals surface area contributed by atoms with Crippen LogP contribution in [-0.2, 0) is 0 Å². The van der Waals surface area contributed by atoms with Crippen LogP contribution in [0.1, 0.15) is 21.5 Å². The van der Waals surface area contributed by atoms with Gasteiger partial charge in [0, 0.05) is 5.56 Å². The molecule has 0 bridgehead atoms. The maximum absolute atomic E-state index is 12.2. The van der Waals surface area contributed by atoms with Crippen LogP contribution in [-0.4, -0.2) is 15.9 Å². The van der Waals surface area contributed by atoms with Crippen molar-refractivity contribution in [1.82, 2.24) is 9.97 Å². The molecular formula is C13H11Cl2N3O. The summed E-state index contributed by atoms with van der Waals surface area (Å²) < 4.78 is 0. The van der Waals surface area contributed by atoms with Gasteiger partial charge >= 0.3 is 0 Å². The smallest absolute Gasteiger partial charge is 0.256 e. The summed E-state index contributed by atoms with van der Waals surface area (Å²) in [6.07, 6.45) is 1.23. The molecule has 1 aromatic carbocycles. The summed E-state index contributed by atoms with van der Waals surface area (Å²) in [5.74, 6) is -0.292. The number of amides is 1. The number of aryl methyl sites for hydroxylation is 2. The largest absolute Gasteiger partial charge is 0.317 e. The van der Waals surface area contributed by atoms with E-state index >= 15 is 0 Å². The molecule has 0 fully saturated rings. The molecule has 98 valence electrons. The average molecular weight is 296 g/mol. The highest BCUT2D eigenvalue weighted by atomic mass is 35.5. The van der Waals surface area contributed by atoms with Crippen LogP contribution in [0.15, 0.2) is 24.5 Å². The third kappa shape index (κ3) is 3.03. The number of hydrogen-bond acceptors (Lipinski definition) is 3. The lowest BCUT2D eigenvalue weighted by Crippen LogP contribution is -2.15. The number of hydrogen-bond donors (Lipinski definition) is 1.